The van der Waals surface area contributed by atoms with E-state index in [-0.39, 0.29) is 11.5 Å². The summed E-state index contributed by atoms with van der Waals surface area (Å²) in [4.78, 5) is 0. The molecule has 0 aliphatic carbocycles. The average Bonchev–Trinajstić information content (AvgIpc) is 2.44. The van der Waals surface area contributed by atoms with E-state index in [0.717, 1.165) is 14.3 Å². The Morgan fingerprint density at radius 3 is 1.41 bits per heavy atom. The molecule has 22 heavy (non-hydrogen) atoms. The lowest BCUT2D eigenvalue weighted by Crippen LogP contribution is -1.89. The van der Waals surface area contributed by atoms with Crippen LogP contribution in [0, 0.1) is 14.3 Å². The summed E-state index contributed by atoms with van der Waals surface area (Å²) in [5.74, 6) is 0.373. The fourth-order valence-corrected chi connectivity index (χ4v) is 5.34. The van der Waals surface area contributed by atoms with Crippen molar-refractivity contribution in [1.29, 1.82) is 0 Å². The van der Waals surface area contributed by atoms with Gasteiger partial charge in [-0.05, 0) is 115 Å². The number of benzene rings is 2. The van der Waals surface area contributed by atoms with E-state index in [1.807, 2.05) is 24.3 Å². The van der Waals surface area contributed by atoms with Crippen molar-refractivity contribution < 1.29 is 10.2 Å². The number of halogens is 4. The summed E-state index contributed by atoms with van der Waals surface area (Å²) < 4.78 is 3.55. The second-order valence-corrected chi connectivity index (χ2v) is 8.96. The van der Waals surface area contributed by atoms with Crippen LogP contribution in [0.4, 0.5) is 0 Å². The molecule has 114 valence electrons. The van der Waals surface area contributed by atoms with E-state index in [1.165, 1.54) is 12.4 Å². The van der Waals surface area contributed by atoms with Crippen molar-refractivity contribution in [2.45, 2.75) is 0 Å². The SMILES string of the molecule is Oc1c(I)cc(I)cc1/C=N/N=C/c1cc(I)cc(I)c1O. The molecule has 0 aliphatic heterocycles. The van der Waals surface area contributed by atoms with Gasteiger partial charge >= 0.3 is 0 Å². The van der Waals surface area contributed by atoms with Gasteiger partial charge in [-0.25, -0.2) is 0 Å². The lowest BCUT2D eigenvalue weighted by atomic mass is 10.2. The highest BCUT2D eigenvalue weighted by Crippen LogP contribution is 2.26. The Labute approximate surface area is 182 Å². The van der Waals surface area contributed by atoms with Crippen LogP contribution in [0.5, 0.6) is 11.5 Å². The zero-order chi connectivity index (χ0) is 16.3. The van der Waals surface area contributed by atoms with Gasteiger partial charge in [-0.3, -0.25) is 0 Å². The number of phenolic OH excluding ortho intramolecular Hbond substituents is 2. The van der Waals surface area contributed by atoms with Gasteiger partial charge in [0.1, 0.15) is 11.5 Å². The molecule has 0 amide bonds. The Morgan fingerprint density at radius 2 is 1.05 bits per heavy atom. The zero-order valence-electron chi connectivity index (χ0n) is 10.8. The van der Waals surface area contributed by atoms with E-state index >= 15 is 0 Å². The minimum atomic E-state index is 0.187. The third-order valence-electron chi connectivity index (χ3n) is 2.58. The van der Waals surface area contributed by atoms with Gasteiger partial charge < -0.3 is 10.2 Å². The Kier molecular flexibility index (Phi) is 7.13. The Balaban J connectivity index is 2.23. The standard InChI is InChI=1S/C14H8I4N2O2/c15-9-1-7(13(21)11(17)3-9)5-19-20-6-8-2-10(16)4-12(18)14(8)22/h1-6,21-22H/b19-5+,20-6+. The molecule has 0 spiro atoms. The third-order valence-corrected chi connectivity index (χ3v) is 5.47. The first kappa shape index (κ1) is 18.6. The first-order valence-corrected chi connectivity index (χ1v) is 10.1. The van der Waals surface area contributed by atoms with E-state index in [2.05, 4.69) is 101 Å². The van der Waals surface area contributed by atoms with E-state index in [0.29, 0.717) is 11.1 Å². The molecule has 2 rings (SSSR count). The van der Waals surface area contributed by atoms with Crippen LogP contribution in [-0.4, -0.2) is 22.6 Å². The predicted octanol–water partition coefficient (Wildman–Crippen LogP) is 4.97. The van der Waals surface area contributed by atoms with Crippen LogP contribution in [0.15, 0.2) is 34.5 Å². The van der Waals surface area contributed by atoms with Crippen molar-refractivity contribution >= 4 is 103 Å². The predicted molar refractivity (Wildman–Crippen MR) is 122 cm³/mol. The number of phenols is 2. The molecular weight excluding hydrogens is 736 g/mol. The minimum absolute atomic E-state index is 0.187. The van der Waals surface area contributed by atoms with Crippen molar-refractivity contribution in [3.05, 3.63) is 49.7 Å². The maximum absolute atomic E-state index is 9.96. The maximum atomic E-state index is 9.96. The molecule has 0 saturated heterocycles. The lowest BCUT2D eigenvalue weighted by molar-refractivity contribution is 0.470. The minimum Gasteiger partial charge on any atom is -0.506 e. The molecule has 0 unspecified atom stereocenters. The highest BCUT2D eigenvalue weighted by molar-refractivity contribution is 14.1. The summed E-state index contributed by atoms with van der Waals surface area (Å²) in [6.07, 6.45) is 2.98. The van der Waals surface area contributed by atoms with Gasteiger partial charge in [-0.15, -0.1) is 0 Å². The van der Waals surface area contributed by atoms with Gasteiger partial charge in [0.2, 0.25) is 0 Å². The Bertz CT molecular complexity index is 710. The van der Waals surface area contributed by atoms with Crippen molar-refractivity contribution in [3.63, 3.8) is 0 Å². The summed E-state index contributed by atoms with van der Waals surface area (Å²) in [5, 5.41) is 27.8. The summed E-state index contributed by atoms with van der Waals surface area (Å²) >= 11 is 8.49. The molecule has 0 fully saturated rings. The van der Waals surface area contributed by atoms with Gasteiger partial charge in [0, 0.05) is 18.3 Å². The highest BCUT2D eigenvalue weighted by Gasteiger charge is 2.06. The molecule has 2 N–H and O–H groups in total. The fourth-order valence-electron chi connectivity index (χ4n) is 1.56. The molecule has 8 heteroatoms. The lowest BCUT2D eigenvalue weighted by Gasteiger charge is -2.02. The molecule has 0 radical (unpaired) electrons. The monoisotopic (exact) mass is 744 g/mol. The molecule has 0 aromatic heterocycles. The van der Waals surface area contributed by atoms with Crippen LogP contribution in [0.1, 0.15) is 11.1 Å². The summed E-state index contributed by atoms with van der Waals surface area (Å²) in [7, 11) is 0. The van der Waals surface area contributed by atoms with Gasteiger partial charge in [-0.1, -0.05) is 0 Å². The second kappa shape index (κ2) is 8.41. The van der Waals surface area contributed by atoms with E-state index in [9.17, 15) is 10.2 Å². The molecule has 2 aromatic rings. The molecule has 0 saturated carbocycles. The van der Waals surface area contributed by atoms with Crippen LogP contribution in [-0.2, 0) is 0 Å². The average molecular weight is 744 g/mol. The van der Waals surface area contributed by atoms with E-state index in [1.54, 1.807) is 0 Å². The third kappa shape index (κ3) is 4.90. The molecule has 0 heterocycles. The number of nitrogens with zero attached hydrogens (tertiary/aromatic N) is 2. The van der Waals surface area contributed by atoms with Crippen molar-refractivity contribution in [2.75, 3.05) is 0 Å². The van der Waals surface area contributed by atoms with E-state index < -0.39 is 0 Å². The summed E-state index contributed by atoms with van der Waals surface area (Å²) in [6, 6.07) is 7.40. The number of aromatic hydroxyl groups is 2. The highest BCUT2D eigenvalue weighted by atomic mass is 127. The zero-order valence-corrected chi connectivity index (χ0v) is 19.4. The van der Waals surface area contributed by atoms with Crippen LogP contribution in [0.3, 0.4) is 0 Å². The van der Waals surface area contributed by atoms with Crippen molar-refractivity contribution in [1.82, 2.24) is 0 Å². The molecule has 2 aromatic carbocycles. The van der Waals surface area contributed by atoms with E-state index in [4.69, 9.17) is 0 Å². The second-order valence-electron chi connectivity index (χ2n) is 4.14. The van der Waals surface area contributed by atoms with Crippen molar-refractivity contribution in [2.24, 2.45) is 10.2 Å². The molecular formula is C14H8I4N2O2. The van der Waals surface area contributed by atoms with Crippen LogP contribution >= 0.6 is 90.4 Å². The summed E-state index contributed by atoms with van der Waals surface area (Å²) in [6.45, 7) is 0. The molecule has 0 aliphatic rings. The quantitative estimate of drug-likeness (QED) is 0.265. The summed E-state index contributed by atoms with van der Waals surface area (Å²) in [5.41, 5.74) is 1.21. The molecule has 0 atom stereocenters. The van der Waals surface area contributed by atoms with Gasteiger partial charge in [0.05, 0.1) is 19.6 Å². The van der Waals surface area contributed by atoms with Gasteiger partial charge in [0.15, 0.2) is 0 Å². The van der Waals surface area contributed by atoms with Crippen LogP contribution in [0.2, 0.25) is 0 Å². The first-order valence-electron chi connectivity index (χ1n) is 5.81. The number of hydrogen-bond acceptors (Lipinski definition) is 4. The first-order chi connectivity index (χ1) is 10.4. The normalized spacial score (nSPS) is 11.6. The fraction of sp³-hybridized carbons (Fsp3) is 0. The number of hydrogen-bond donors (Lipinski definition) is 2. The Hall–Kier alpha value is 0.300. The maximum Gasteiger partial charge on any atom is 0.137 e. The largest absolute Gasteiger partial charge is 0.506 e. The van der Waals surface area contributed by atoms with Gasteiger partial charge in [0.25, 0.3) is 0 Å². The van der Waals surface area contributed by atoms with Gasteiger partial charge in [-0.2, -0.15) is 10.2 Å². The smallest absolute Gasteiger partial charge is 0.137 e. The molecule has 4 nitrogen and oxygen atoms in total. The van der Waals surface area contributed by atoms with Crippen molar-refractivity contribution in [3.8, 4) is 11.5 Å². The molecule has 0 bridgehead atoms. The Morgan fingerprint density at radius 1 is 0.682 bits per heavy atom. The topological polar surface area (TPSA) is 65.2 Å². The number of rotatable bonds is 3. The van der Waals surface area contributed by atoms with Crippen LogP contribution in [0.25, 0.3) is 0 Å². The van der Waals surface area contributed by atoms with Crippen LogP contribution < -0.4 is 0 Å².